The maximum atomic E-state index is 10.0. The Bertz CT molecular complexity index is 113. The molecule has 0 saturated carbocycles. The van der Waals surface area contributed by atoms with Gasteiger partial charge in [0.15, 0.2) is 0 Å². The van der Waals surface area contributed by atoms with Crippen molar-refractivity contribution in [3.8, 4) is 0 Å². The van der Waals surface area contributed by atoms with Crippen LogP contribution < -0.4 is 0 Å². The van der Waals surface area contributed by atoms with Crippen molar-refractivity contribution in [3.05, 3.63) is 0 Å². The average Bonchev–Trinajstić information content (AvgIpc) is 1.65. The van der Waals surface area contributed by atoms with Crippen LogP contribution in [0.4, 0.5) is 0 Å². The molecule has 0 bridgehead atoms. The van der Waals surface area contributed by atoms with Gasteiger partial charge < -0.3 is 4.18 Å². The molecule has 1 unspecified atom stereocenters. The predicted octanol–water partition coefficient (Wildman–Crippen LogP) is 0.0612. The number of carbonyl (C=O) groups is 1. The Kier molecular flexibility index (Phi) is 4.02. The number of hydrogen-bond acceptors (Lipinski definition) is 3. The molecular formula is C2H3BrO4S. The Hall–Kier alpha value is 0.0600. The van der Waals surface area contributed by atoms with E-state index in [-0.39, 0.29) is 5.33 Å². The molecule has 0 radical (unpaired) electrons. The van der Waals surface area contributed by atoms with Crippen molar-refractivity contribution in [1.82, 2.24) is 0 Å². The van der Waals surface area contributed by atoms with Crippen molar-refractivity contribution >= 4 is 33.3 Å². The van der Waals surface area contributed by atoms with Gasteiger partial charge in [0.2, 0.25) is 0 Å². The van der Waals surface area contributed by atoms with E-state index in [1.807, 2.05) is 0 Å². The molecule has 0 aromatic rings. The second kappa shape index (κ2) is 3.99. The maximum Gasteiger partial charge on any atom is 0.360 e. The van der Waals surface area contributed by atoms with Crippen LogP contribution in [0.5, 0.6) is 0 Å². The van der Waals surface area contributed by atoms with Crippen molar-refractivity contribution in [2.45, 2.75) is 0 Å². The van der Waals surface area contributed by atoms with E-state index in [0.29, 0.717) is 0 Å². The summed E-state index contributed by atoms with van der Waals surface area (Å²) in [5, 5.41) is -0.0701. The molecule has 0 amide bonds. The summed E-state index contributed by atoms with van der Waals surface area (Å²) in [4.78, 5) is 10.0. The summed E-state index contributed by atoms with van der Waals surface area (Å²) in [5.41, 5.74) is 0. The zero-order chi connectivity index (χ0) is 6.57. The quantitative estimate of drug-likeness (QED) is 0.509. The number of alkyl halides is 1. The fourth-order valence-electron chi connectivity index (χ4n) is 0.102. The molecule has 0 aromatic carbocycles. The van der Waals surface area contributed by atoms with Gasteiger partial charge in [0, 0.05) is 0 Å². The minimum atomic E-state index is -2.48. The first-order chi connectivity index (χ1) is 3.66. The Morgan fingerprint density at radius 2 is 2.38 bits per heavy atom. The Morgan fingerprint density at radius 3 is 2.50 bits per heavy atom. The largest absolute Gasteiger partial charge is 0.360 e. The van der Waals surface area contributed by atoms with E-state index in [4.69, 9.17) is 4.55 Å². The Balaban J connectivity index is 3.40. The lowest BCUT2D eigenvalue weighted by Crippen LogP contribution is -2.06. The van der Waals surface area contributed by atoms with Gasteiger partial charge in [-0.1, -0.05) is 15.9 Å². The van der Waals surface area contributed by atoms with Gasteiger partial charge in [0.05, 0.1) is 0 Å². The van der Waals surface area contributed by atoms with E-state index >= 15 is 0 Å². The predicted molar refractivity (Wildman–Crippen MR) is 30.7 cm³/mol. The van der Waals surface area contributed by atoms with Crippen molar-refractivity contribution in [2.75, 3.05) is 5.33 Å². The SMILES string of the molecule is O=C(CBr)OS(=O)O. The molecule has 0 heterocycles. The fraction of sp³-hybridized carbons (Fsp3) is 0.500. The minimum Gasteiger partial charge on any atom is -0.342 e. The lowest BCUT2D eigenvalue weighted by atomic mass is 10.8. The highest BCUT2D eigenvalue weighted by molar-refractivity contribution is 9.09. The Labute approximate surface area is 56.8 Å². The van der Waals surface area contributed by atoms with Crippen molar-refractivity contribution < 1.29 is 17.7 Å². The topological polar surface area (TPSA) is 63.6 Å². The first-order valence-corrected chi connectivity index (χ1v) is 3.70. The highest BCUT2D eigenvalue weighted by Gasteiger charge is 2.01. The van der Waals surface area contributed by atoms with Gasteiger partial charge in [0.25, 0.3) is 0 Å². The van der Waals surface area contributed by atoms with Gasteiger partial charge in [-0.25, -0.2) is 0 Å². The number of halogens is 1. The van der Waals surface area contributed by atoms with Crippen LogP contribution >= 0.6 is 15.9 Å². The molecular weight excluding hydrogens is 200 g/mol. The number of rotatable bonds is 2. The molecule has 6 heteroatoms. The summed E-state index contributed by atoms with van der Waals surface area (Å²) in [7, 11) is 0. The van der Waals surface area contributed by atoms with Crippen LogP contribution in [0, 0.1) is 0 Å². The third kappa shape index (κ3) is 4.23. The van der Waals surface area contributed by atoms with Gasteiger partial charge in [-0.05, 0) is 0 Å². The highest BCUT2D eigenvalue weighted by Crippen LogP contribution is 1.86. The number of carbonyl (C=O) groups excluding carboxylic acids is 1. The maximum absolute atomic E-state index is 10.0. The van der Waals surface area contributed by atoms with E-state index in [9.17, 15) is 9.00 Å². The van der Waals surface area contributed by atoms with Crippen molar-refractivity contribution in [2.24, 2.45) is 0 Å². The molecule has 8 heavy (non-hydrogen) atoms. The smallest absolute Gasteiger partial charge is 0.342 e. The van der Waals surface area contributed by atoms with Gasteiger partial charge in [0.1, 0.15) is 5.33 Å². The van der Waals surface area contributed by atoms with Crippen LogP contribution in [0.15, 0.2) is 0 Å². The van der Waals surface area contributed by atoms with Crippen molar-refractivity contribution in [3.63, 3.8) is 0 Å². The lowest BCUT2D eigenvalue weighted by Gasteiger charge is -1.89. The third-order valence-electron chi connectivity index (χ3n) is 0.273. The molecule has 0 aliphatic carbocycles. The van der Waals surface area contributed by atoms with Crippen LogP contribution in [-0.2, 0) is 20.3 Å². The van der Waals surface area contributed by atoms with Crippen LogP contribution in [0.2, 0.25) is 0 Å². The van der Waals surface area contributed by atoms with Crippen LogP contribution in [0.25, 0.3) is 0 Å². The van der Waals surface area contributed by atoms with Gasteiger partial charge in [-0.3, -0.25) is 9.35 Å². The highest BCUT2D eigenvalue weighted by atomic mass is 79.9. The fourth-order valence-corrected chi connectivity index (χ4v) is 0.586. The Morgan fingerprint density at radius 1 is 1.88 bits per heavy atom. The summed E-state index contributed by atoms with van der Waals surface area (Å²) >= 11 is 0.248. The first kappa shape index (κ1) is 8.06. The summed E-state index contributed by atoms with van der Waals surface area (Å²) in [6.07, 6.45) is 0. The van der Waals surface area contributed by atoms with E-state index in [1.165, 1.54) is 0 Å². The summed E-state index contributed by atoms with van der Waals surface area (Å²) in [6.45, 7) is 0. The molecule has 0 spiro atoms. The summed E-state index contributed by atoms with van der Waals surface area (Å²) in [5.74, 6) is -0.758. The molecule has 4 nitrogen and oxygen atoms in total. The molecule has 48 valence electrons. The second-order valence-electron chi connectivity index (χ2n) is 0.806. The van der Waals surface area contributed by atoms with Gasteiger partial charge >= 0.3 is 17.3 Å². The second-order valence-corrected chi connectivity index (χ2v) is 1.97. The van der Waals surface area contributed by atoms with Crippen molar-refractivity contribution in [1.29, 1.82) is 0 Å². The van der Waals surface area contributed by atoms with E-state index in [0.717, 1.165) is 0 Å². The molecule has 1 N–H and O–H groups in total. The molecule has 0 aliphatic heterocycles. The zero-order valence-electron chi connectivity index (χ0n) is 3.67. The van der Waals surface area contributed by atoms with Gasteiger partial charge in [-0.15, -0.1) is 0 Å². The molecule has 0 aliphatic rings. The normalized spacial score (nSPS) is 12.8. The summed E-state index contributed by atoms with van der Waals surface area (Å²) < 4.78 is 21.2. The van der Waals surface area contributed by atoms with Crippen LogP contribution in [-0.4, -0.2) is 20.1 Å². The zero-order valence-corrected chi connectivity index (χ0v) is 6.07. The summed E-state index contributed by atoms with van der Waals surface area (Å²) in [6, 6.07) is 0. The third-order valence-corrected chi connectivity index (χ3v) is 1.06. The number of hydrogen-bond donors (Lipinski definition) is 1. The first-order valence-electron chi connectivity index (χ1n) is 1.54. The molecule has 0 aromatic heterocycles. The van der Waals surface area contributed by atoms with Crippen LogP contribution in [0.3, 0.4) is 0 Å². The monoisotopic (exact) mass is 202 g/mol. The minimum absolute atomic E-state index is 0.0701. The molecule has 0 fully saturated rings. The van der Waals surface area contributed by atoms with E-state index < -0.39 is 17.3 Å². The van der Waals surface area contributed by atoms with Crippen LogP contribution in [0.1, 0.15) is 0 Å². The standard InChI is InChI=1S/C2H3BrO4S/c3-1-2(4)7-8(5)6/h1H2,(H,5,6). The lowest BCUT2D eigenvalue weighted by molar-refractivity contribution is -0.130. The molecule has 0 saturated heterocycles. The van der Waals surface area contributed by atoms with E-state index in [2.05, 4.69) is 20.1 Å². The molecule has 0 rings (SSSR count). The molecule has 1 atom stereocenters. The van der Waals surface area contributed by atoms with E-state index in [1.54, 1.807) is 0 Å². The van der Waals surface area contributed by atoms with Gasteiger partial charge in [-0.2, -0.15) is 4.21 Å². The average molecular weight is 203 g/mol.